The molecule has 0 aromatic carbocycles. The van der Waals surface area contributed by atoms with E-state index in [2.05, 4.69) is 35.5 Å². The first-order valence-electron chi connectivity index (χ1n) is 7.36. The summed E-state index contributed by atoms with van der Waals surface area (Å²) in [6, 6.07) is 0. The van der Waals surface area contributed by atoms with Crippen LogP contribution in [-0.2, 0) is 29.0 Å². The van der Waals surface area contributed by atoms with Crippen LogP contribution in [0.15, 0.2) is 12.5 Å². The summed E-state index contributed by atoms with van der Waals surface area (Å²) < 4.78 is 9.23. The van der Waals surface area contributed by atoms with Crippen molar-refractivity contribution >= 4 is 5.97 Å². The number of nitrogens with zero attached hydrogens (tertiary/aromatic N) is 2. The van der Waals surface area contributed by atoms with Gasteiger partial charge in [-0.05, 0) is 12.8 Å². The smallest absolute Gasteiger partial charge is 0.305 e. The molecule has 19 heavy (non-hydrogen) atoms. The fourth-order valence-corrected chi connectivity index (χ4v) is 2.09. The number of rotatable bonds is 9. The molecule has 0 aliphatic rings. The number of ether oxygens (including phenoxy) is 1. The highest BCUT2D eigenvalue weighted by Gasteiger charge is 2.14. The van der Waals surface area contributed by atoms with Gasteiger partial charge in [0.05, 0.1) is 26.6 Å². The highest BCUT2D eigenvalue weighted by atomic mass is 16.5. The normalized spacial score (nSPS) is 10.7. The molecule has 1 aromatic heterocycles. The van der Waals surface area contributed by atoms with E-state index in [1.807, 2.05) is 0 Å². The van der Waals surface area contributed by atoms with Gasteiger partial charge in [0.15, 0.2) is 0 Å². The quantitative estimate of drug-likeness (QED) is 0.509. The number of carbonyl (C=O) groups excluding carboxylic acids is 1. The SMILES string of the molecule is CCCCn1c[n+](CCCC)cc1CCC(=O)OC. The number of methoxy groups -OCH3 is 1. The van der Waals surface area contributed by atoms with Gasteiger partial charge in [-0.15, -0.1) is 0 Å². The molecule has 0 atom stereocenters. The molecular formula is C15H27N2O2+. The Kier molecular flexibility index (Phi) is 7.23. The summed E-state index contributed by atoms with van der Waals surface area (Å²) in [5.74, 6) is -0.136. The molecule has 0 amide bonds. The van der Waals surface area contributed by atoms with Crippen molar-refractivity contribution in [2.45, 2.75) is 65.5 Å². The van der Waals surface area contributed by atoms with Crippen LogP contribution in [0.4, 0.5) is 0 Å². The lowest BCUT2D eigenvalue weighted by Crippen LogP contribution is -2.30. The molecule has 0 unspecified atom stereocenters. The zero-order valence-electron chi connectivity index (χ0n) is 12.5. The molecule has 4 nitrogen and oxygen atoms in total. The average molecular weight is 267 g/mol. The van der Waals surface area contributed by atoms with Crippen molar-refractivity contribution in [1.82, 2.24) is 4.57 Å². The molecule has 1 rings (SSSR count). The minimum Gasteiger partial charge on any atom is -0.469 e. The molecule has 108 valence electrons. The van der Waals surface area contributed by atoms with Crippen LogP contribution >= 0.6 is 0 Å². The Labute approximate surface area is 116 Å². The van der Waals surface area contributed by atoms with Gasteiger partial charge in [0.2, 0.25) is 6.33 Å². The van der Waals surface area contributed by atoms with E-state index in [-0.39, 0.29) is 5.97 Å². The Balaban J connectivity index is 2.67. The van der Waals surface area contributed by atoms with Crippen LogP contribution in [0.3, 0.4) is 0 Å². The third kappa shape index (κ3) is 5.45. The second kappa shape index (κ2) is 8.73. The third-order valence-corrected chi connectivity index (χ3v) is 3.31. The molecule has 0 N–H and O–H groups in total. The van der Waals surface area contributed by atoms with Crippen LogP contribution in [0.25, 0.3) is 0 Å². The highest BCUT2D eigenvalue weighted by Crippen LogP contribution is 2.06. The molecule has 4 heteroatoms. The van der Waals surface area contributed by atoms with E-state index >= 15 is 0 Å². The van der Waals surface area contributed by atoms with Crippen molar-refractivity contribution in [2.75, 3.05) is 7.11 Å². The molecule has 0 spiro atoms. The second-order valence-corrected chi connectivity index (χ2v) is 4.95. The minimum absolute atomic E-state index is 0.136. The van der Waals surface area contributed by atoms with Gasteiger partial charge in [-0.1, -0.05) is 26.7 Å². The van der Waals surface area contributed by atoms with Crippen LogP contribution in [0.2, 0.25) is 0 Å². The lowest BCUT2D eigenvalue weighted by Gasteiger charge is -2.00. The van der Waals surface area contributed by atoms with Crippen molar-refractivity contribution in [3.63, 3.8) is 0 Å². The zero-order valence-corrected chi connectivity index (χ0v) is 12.5. The van der Waals surface area contributed by atoms with Gasteiger partial charge in [0.25, 0.3) is 0 Å². The Morgan fingerprint density at radius 1 is 1.32 bits per heavy atom. The fourth-order valence-electron chi connectivity index (χ4n) is 2.09. The summed E-state index contributed by atoms with van der Waals surface area (Å²) in [4.78, 5) is 11.3. The average Bonchev–Trinajstić information content (AvgIpc) is 2.82. The maximum atomic E-state index is 11.3. The number of unbranched alkanes of at least 4 members (excludes halogenated alkanes) is 2. The van der Waals surface area contributed by atoms with Gasteiger partial charge in [0.1, 0.15) is 11.9 Å². The first-order chi connectivity index (χ1) is 9.21. The van der Waals surface area contributed by atoms with E-state index in [1.54, 1.807) is 0 Å². The van der Waals surface area contributed by atoms with Crippen molar-refractivity contribution in [3.8, 4) is 0 Å². The Hall–Kier alpha value is -1.32. The Morgan fingerprint density at radius 3 is 2.68 bits per heavy atom. The lowest BCUT2D eigenvalue weighted by molar-refractivity contribution is -0.697. The minimum atomic E-state index is -0.136. The van der Waals surface area contributed by atoms with Crippen LogP contribution in [0, 0.1) is 0 Å². The van der Waals surface area contributed by atoms with Crippen LogP contribution in [0.1, 0.15) is 51.6 Å². The fraction of sp³-hybridized carbons (Fsp3) is 0.733. The zero-order chi connectivity index (χ0) is 14.1. The standard InChI is InChI=1S/C15H27N2O2/c1-4-6-10-16-12-14(8-9-15(18)19-3)17(13-16)11-7-5-2/h12-13H,4-11H2,1-3H3/q+1. The molecular weight excluding hydrogens is 240 g/mol. The van der Waals surface area contributed by atoms with Gasteiger partial charge in [-0.3, -0.25) is 4.79 Å². The number of imidazole rings is 1. The summed E-state index contributed by atoms with van der Waals surface area (Å²) >= 11 is 0. The van der Waals surface area contributed by atoms with Crippen LogP contribution in [0.5, 0.6) is 0 Å². The maximum Gasteiger partial charge on any atom is 0.305 e. The van der Waals surface area contributed by atoms with Gasteiger partial charge in [0, 0.05) is 6.42 Å². The predicted octanol–water partition coefficient (Wildman–Crippen LogP) is 2.48. The van der Waals surface area contributed by atoms with Crippen LogP contribution < -0.4 is 4.57 Å². The molecule has 0 saturated carbocycles. The third-order valence-electron chi connectivity index (χ3n) is 3.31. The van der Waals surface area contributed by atoms with Crippen LogP contribution in [-0.4, -0.2) is 17.6 Å². The van der Waals surface area contributed by atoms with Gasteiger partial charge < -0.3 is 4.74 Å². The Morgan fingerprint density at radius 2 is 2.05 bits per heavy atom. The van der Waals surface area contributed by atoms with E-state index in [0.29, 0.717) is 6.42 Å². The van der Waals surface area contributed by atoms with E-state index < -0.39 is 0 Å². The first kappa shape index (κ1) is 15.7. The molecule has 0 bridgehead atoms. The number of carbonyl (C=O) groups is 1. The van der Waals surface area contributed by atoms with Gasteiger partial charge in [-0.25, -0.2) is 9.13 Å². The number of hydrogen-bond donors (Lipinski definition) is 0. The first-order valence-corrected chi connectivity index (χ1v) is 7.36. The molecule has 0 fully saturated rings. The summed E-state index contributed by atoms with van der Waals surface area (Å²) in [6.45, 7) is 6.49. The van der Waals surface area contributed by atoms with E-state index in [1.165, 1.54) is 38.5 Å². The maximum absolute atomic E-state index is 11.3. The molecule has 1 aromatic rings. The van der Waals surface area contributed by atoms with Crippen molar-refractivity contribution in [2.24, 2.45) is 0 Å². The second-order valence-electron chi connectivity index (χ2n) is 4.95. The molecule has 0 saturated heterocycles. The Bertz CT molecular complexity index is 385. The summed E-state index contributed by atoms with van der Waals surface area (Å²) in [7, 11) is 1.44. The number of hydrogen-bond acceptors (Lipinski definition) is 2. The number of esters is 1. The number of aryl methyl sites for hydroxylation is 3. The van der Waals surface area contributed by atoms with Crippen molar-refractivity contribution < 1.29 is 14.1 Å². The highest BCUT2D eigenvalue weighted by molar-refractivity contribution is 5.69. The molecule has 1 heterocycles. The largest absolute Gasteiger partial charge is 0.469 e. The predicted molar refractivity (Wildman–Crippen MR) is 74.8 cm³/mol. The van der Waals surface area contributed by atoms with E-state index in [9.17, 15) is 4.79 Å². The van der Waals surface area contributed by atoms with Crippen molar-refractivity contribution in [3.05, 3.63) is 18.2 Å². The monoisotopic (exact) mass is 267 g/mol. The molecule has 0 radical (unpaired) electrons. The molecule has 0 aliphatic heterocycles. The summed E-state index contributed by atoms with van der Waals surface area (Å²) in [6.07, 6.45) is 10.3. The number of aromatic nitrogens is 2. The van der Waals surface area contributed by atoms with E-state index in [0.717, 1.165) is 19.5 Å². The molecule has 0 aliphatic carbocycles. The van der Waals surface area contributed by atoms with Gasteiger partial charge >= 0.3 is 5.97 Å². The summed E-state index contributed by atoms with van der Waals surface area (Å²) in [5.41, 5.74) is 1.23. The lowest BCUT2D eigenvalue weighted by atomic mass is 10.2. The topological polar surface area (TPSA) is 35.1 Å². The summed E-state index contributed by atoms with van der Waals surface area (Å²) in [5, 5.41) is 0. The van der Waals surface area contributed by atoms with Crippen molar-refractivity contribution in [1.29, 1.82) is 0 Å². The van der Waals surface area contributed by atoms with Gasteiger partial charge in [-0.2, -0.15) is 0 Å². The van der Waals surface area contributed by atoms with E-state index in [4.69, 9.17) is 4.74 Å².